The molecule has 0 aromatic heterocycles. The Morgan fingerprint density at radius 1 is 0.895 bits per heavy atom. The lowest BCUT2D eigenvalue weighted by molar-refractivity contribution is 0.0333. The van der Waals surface area contributed by atoms with Gasteiger partial charge in [0.15, 0.2) is 0 Å². The first-order valence-corrected chi connectivity index (χ1v) is 8.62. The van der Waals surface area contributed by atoms with Crippen molar-refractivity contribution in [3.63, 3.8) is 0 Å². The van der Waals surface area contributed by atoms with Crippen molar-refractivity contribution in [3.8, 4) is 0 Å². The van der Waals surface area contributed by atoms with Crippen molar-refractivity contribution in [1.29, 1.82) is 0 Å². The highest BCUT2D eigenvalue weighted by molar-refractivity contribution is 4.91. The summed E-state index contributed by atoms with van der Waals surface area (Å²) in [5, 5.41) is 3.30. The molecule has 0 aromatic carbocycles. The number of alkyl halides is 1. The average Bonchev–Trinajstić information content (AvgIpc) is 2.42. The van der Waals surface area contributed by atoms with Gasteiger partial charge in [0, 0.05) is 0 Å². The molecule has 2 heteroatoms. The molecule has 1 atom stereocenters. The molecule has 0 saturated carbocycles. The number of unbranched alkanes of at least 4 members (excludes halogenated alkanes) is 5. The molecule has 0 aromatic rings. The van der Waals surface area contributed by atoms with Crippen molar-refractivity contribution in [2.75, 3.05) is 13.1 Å². The molecular weight excluding hydrogens is 237 g/mol. The summed E-state index contributed by atoms with van der Waals surface area (Å²) in [6.45, 7) is 6.21. The van der Waals surface area contributed by atoms with Crippen molar-refractivity contribution < 1.29 is 4.39 Å². The molecule has 1 saturated heterocycles. The Balaban J connectivity index is 2.41. The Morgan fingerprint density at radius 2 is 1.42 bits per heavy atom. The van der Waals surface area contributed by atoms with Crippen LogP contribution >= 0.6 is 0 Å². The molecule has 1 aliphatic heterocycles. The van der Waals surface area contributed by atoms with Gasteiger partial charge >= 0.3 is 0 Å². The van der Waals surface area contributed by atoms with Crippen LogP contribution in [0.2, 0.25) is 0 Å². The van der Waals surface area contributed by atoms with Crippen LogP contribution in [-0.4, -0.2) is 18.8 Å². The summed E-state index contributed by atoms with van der Waals surface area (Å²) in [5.41, 5.74) is -0.870. The van der Waals surface area contributed by atoms with E-state index in [0.717, 1.165) is 38.8 Å². The van der Waals surface area contributed by atoms with Gasteiger partial charge in [0.1, 0.15) is 5.67 Å². The third kappa shape index (κ3) is 6.25. The van der Waals surface area contributed by atoms with E-state index in [0.29, 0.717) is 5.92 Å². The van der Waals surface area contributed by atoms with Crippen molar-refractivity contribution in [3.05, 3.63) is 0 Å². The maximum atomic E-state index is 15.1. The first-order valence-electron chi connectivity index (χ1n) is 8.62. The van der Waals surface area contributed by atoms with Crippen molar-refractivity contribution in [1.82, 2.24) is 5.32 Å². The summed E-state index contributed by atoms with van der Waals surface area (Å²) in [6.07, 6.45) is 12.5. The highest BCUT2D eigenvalue weighted by Gasteiger charge is 2.38. The second kappa shape index (κ2) is 9.74. The van der Waals surface area contributed by atoms with Crippen LogP contribution < -0.4 is 5.32 Å². The number of hydrogen-bond donors (Lipinski definition) is 1. The number of piperidine rings is 1. The van der Waals surface area contributed by atoms with Crippen LogP contribution in [0.3, 0.4) is 0 Å². The summed E-state index contributed by atoms with van der Waals surface area (Å²) >= 11 is 0. The zero-order valence-corrected chi connectivity index (χ0v) is 13.1. The summed E-state index contributed by atoms with van der Waals surface area (Å²) in [4.78, 5) is 0. The minimum Gasteiger partial charge on any atom is -0.316 e. The Hall–Kier alpha value is -0.110. The van der Waals surface area contributed by atoms with Gasteiger partial charge in [-0.1, -0.05) is 58.8 Å². The third-order valence-electron chi connectivity index (χ3n) is 4.73. The standard InChI is InChI=1S/C17H34FN/c1-3-5-7-9-11-16(10-8-6-4-2)17(18)12-14-19-15-13-17/h16,19H,3-15H2,1-2H3. The van der Waals surface area contributed by atoms with E-state index < -0.39 is 5.67 Å². The lowest BCUT2D eigenvalue weighted by Gasteiger charge is -2.37. The molecule has 1 N–H and O–H groups in total. The smallest absolute Gasteiger partial charge is 0.116 e. The lowest BCUT2D eigenvalue weighted by atomic mass is 9.76. The molecule has 1 aliphatic rings. The molecule has 0 aliphatic carbocycles. The Kier molecular flexibility index (Phi) is 8.69. The van der Waals surface area contributed by atoms with E-state index in [1.54, 1.807) is 0 Å². The van der Waals surface area contributed by atoms with E-state index >= 15 is 4.39 Å². The molecule has 1 heterocycles. The van der Waals surface area contributed by atoms with E-state index in [9.17, 15) is 0 Å². The Labute approximate surface area is 119 Å². The molecule has 19 heavy (non-hydrogen) atoms. The van der Waals surface area contributed by atoms with Gasteiger partial charge in [-0.3, -0.25) is 0 Å². The van der Waals surface area contributed by atoms with Crippen molar-refractivity contribution >= 4 is 0 Å². The lowest BCUT2D eigenvalue weighted by Crippen LogP contribution is -2.44. The number of rotatable bonds is 10. The second-order valence-corrected chi connectivity index (χ2v) is 6.33. The van der Waals surface area contributed by atoms with Gasteiger partial charge in [-0.15, -0.1) is 0 Å². The molecule has 114 valence electrons. The average molecular weight is 271 g/mol. The minimum atomic E-state index is -0.870. The van der Waals surface area contributed by atoms with Gasteiger partial charge < -0.3 is 5.32 Å². The van der Waals surface area contributed by atoms with Crippen LogP contribution in [0.25, 0.3) is 0 Å². The van der Waals surface area contributed by atoms with Gasteiger partial charge in [0.05, 0.1) is 0 Å². The quantitative estimate of drug-likeness (QED) is 0.535. The molecule has 1 rings (SSSR count). The predicted molar refractivity (Wildman–Crippen MR) is 82.3 cm³/mol. The molecule has 1 fully saturated rings. The molecular formula is C17H34FN. The normalized spacial score (nSPS) is 20.4. The van der Waals surface area contributed by atoms with Gasteiger partial charge in [-0.05, 0) is 44.7 Å². The van der Waals surface area contributed by atoms with E-state index in [1.807, 2.05) is 0 Å². The van der Waals surface area contributed by atoms with Crippen molar-refractivity contribution in [2.45, 2.75) is 90.1 Å². The SMILES string of the molecule is CCCCCCC(CCCCC)C1(F)CCNCC1. The fourth-order valence-corrected chi connectivity index (χ4v) is 3.37. The third-order valence-corrected chi connectivity index (χ3v) is 4.73. The topological polar surface area (TPSA) is 12.0 Å². The molecule has 1 unspecified atom stereocenters. The number of hydrogen-bond acceptors (Lipinski definition) is 1. The molecule has 0 radical (unpaired) electrons. The van der Waals surface area contributed by atoms with E-state index in [1.165, 1.54) is 44.9 Å². The van der Waals surface area contributed by atoms with Crippen LogP contribution in [0.1, 0.15) is 84.5 Å². The van der Waals surface area contributed by atoms with Crippen molar-refractivity contribution in [2.24, 2.45) is 5.92 Å². The Bertz CT molecular complexity index is 211. The van der Waals surface area contributed by atoms with Gasteiger partial charge in [0.25, 0.3) is 0 Å². The summed E-state index contributed by atoms with van der Waals surface area (Å²) in [7, 11) is 0. The van der Waals surface area contributed by atoms with Gasteiger partial charge in [0.2, 0.25) is 0 Å². The molecule has 1 nitrogen and oxygen atoms in total. The summed E-state index contributed by atoms with van der Waals surface area (Å²) in [5.74, 6) is 0.318. The van der Waals surface area contributed by atoms with Gasteiger partial charge in [-0.2, -0.15) is 0 Å². The van der Waals surface area contributed by atoms with Gasteiger partial charge in [-0.25, -0.2) is 4.39 Å². The Morgan fingerprint density at radius 3 is 2.00 bits per heavy atom. The zero-order chi connectivity index (χ0) is 14.0. The first-order chi connectivity index (χ1) is 9.23. The van der Waals surface area contributed by atoms with E-state index in [2.05, 4.69) is 19.2 Å². The minimum absolute atomic E-state index is 0.318. The second-order valence-electron chi connectivity index (χ2n) is 6.33. The summed E-state index contributed by atoms with van der Waals surface area (Å²) < 4.78 is 15.1. The highest BCUT2D eigenvalue weighted by atomic mass is 19.1. The van der Waals surface area contributed by atoms with Crippen LogP contribution in [-0.2, 0) is 0 Å². The first kappa shape index (κ1) is 16.9. The van der Waals surface area contributed by atoms with E-state index in [-0.39, 0.29) is 0 Å². The van der Waals surface area contributed by atoms with Crippen LogP contribution in [0.4, 0.5) is 4.39 Å². The van der Waals surface area contributed by atoms with E-state index in [4.69, 9.17) is 0 Å². The maximum Gasteiger partial charge on any atom is 0.116 e. The van der Waals surface area contributed by atoms with Crippen LogP contribution in [0.15, 0.2) is 0 Å². The van der Waals surface area contributed by atoms with Crippen LogP contribution in [0.5, 0.6) is 0 Å². The molecule has 0 spiro atoms. The summed E-state index contributed by atoms with van der Waals surface area (Å²) in [6, 6.07) is 0. The molecule has 0 amide bonds. The maximum absolute atomic E-state index is 15.1. The predicted octanol–water partition coefficient (Wildman–Crippen LogP) is 5.25. The highest BCUT2D eigenvalue weighted by Crippen LogP contribution is 2.38. The number of nitrogens with one attached hydrogen (secondary N) is 1. The zero-order valence-electron chi connectivity index (χ0n) is 13.1. The monoisotopic (exact) mass is 271 g/mol. The largest absolute Gasteiger partial charge is 0.316 e. The fraction of sp³-hybridized carbons (Fsp3) is 1.00. The molecule has 0 bridgehead atoms. The number of halogens is 1. The van der Waals surface area contributed by atoms with Crippen LogP contribution in [0, 0.1) is 5.92 Å². The fourth-order valence-electron chi connectivity index (χ4n) is 3.37.